The molecule has 0 atom stereocenters. The summed E-state index contributed by atoms with van der Waals surface area (Å²) in [5, 5.41) is 3.26. The molecule has 2 rings (SSSR count). The maximum atomic E-state index is 13.6. The van der Waals surface area contributed by atoms with E-state index in [2.05, 4.69) is 34.0 Å². The Kier molecular flexibility index (Phi) is 9.63. The molecule has 0 aliphatic carbocycles. The van der Waals surface area contributed by atoms with Crippen LogP contribution in [0.4, 0.5) is 8.78 Å². The van der Waals surface area contributed by atoms with Gasteiger partial charge in [-0.2, -0.15) is 0 Å². The first kappa shape index (κ1) is 22.1. The Morgan fingerprint density at radius 1 is 1.20 bits per heavy atom. The first-order chi connectivity index (χ1) is 11.5. The average Bonchev–Trinajstić information content (AvgIpc) is 2.55. The SMILES string of the molecule is CN=C(NCCc1cc(F)ccc1F)N1CCN(CC(C)C)CC1.I. The lowest BCUT2D eigenvalue weighted by atomic mass is 10.1. The van der Waals surface area contributed by atoms with Crippen molar-refractivity contribution in [2.75, 3.05) is 46.3 Å². The van der Waals surface area contributed by atoms with Gasteiger partial charge in [0.05, 0.1) is 0 Å². The Balaban J connectivity index is 0.00000312. The highest BCUT2D eigenvalue weighted by Gasteiger charge is 2.19. The van der Waals surface area contributed by atoms with Crippen molar-refractivity contribution in [3.8, 4) is 0 Å². The second kappa shape index (κ2) is 10.9. The first-order valence-electron chi connectivity index (χ1n) is 8.61. The molecule has 25 heavy (non-hydrogen) atoms. The molecule has 1 heterocycles. The maximum Gasteiger partial charge on any atom is 0.193 e. The fraction of sp³-hybridized carbons (Fsp3) is 0.611. The predicted molar refractivity (Wildman–Crippen MR) is 110 cm³/mol. The van der Waals surface area contributed by atoms with Crippen LogP contribution in [0.1, 0.15) is 19.4 Å². The van der Waals surface area contributed by atoms with Crippen LogP contribution in [0.3, 0.4) is 0 Å². The molecule has 0 aromatic heterocycles. The number of rotatable bonds is 5. The summed E-state index contributed by atoms with van der Waals surface area (Å²) in [5.74, 6) is 0.735. The molecule has 1 fully saturated rings. The topological polar surface area (TPSA) is 30.9 Å². The largest absolute Gasteiger partial charge is 0.356 e. The fourth-order valence-corrected chi connectivity index (χ4v) is 3.03. The molecule has 1 aromatic carbocycles. The van der Waals surface area contributed by atoms with E-state index in [1.54, 1.807) is 7.05 Å². The summed E-state index contributed by atoms with van der Waals surface area (Å²) in [6.07, 6.45) is 0.427. The number of hydrogen-bond donors (Lipinski definition) is 1. The molecule has 142 valence electrons. The predicted octanol–water partition coefficient (Wildman–Crippen LogP) is 2.97. The number of halogens is 3. The van der Waals surface area contributed by atoms with Crippen LogP contribution in [0.2, 0.25) is 0 Å². The van der Waals surface area contributed by atoms with E-state index < -0.39 is 5.82 Å². The molecule has 7 heteroatoms. The van der Waals surface area contributed by atoms with Gasteiger partial charge < -0.3 is 10.2 Å². The van der Waals surface area contributed by atoms with Crippen LogP contribution >= 0.6 is 24.0 Å². The lowest BCUT2D eigenvalue weighted by Crippen LogP contribution is -2.53. The molecule has 1 aliphatic heterocycles. The minimum absolute atomic E-state index is 0. The summed E-state index contributed by atoms with van der Waals surface area (Å²) in [7, 11) is 1.76. The number of aliphatic imine (C=N–C) groups is 1. The van der Waals surface area contributed by atoms with Crippen molar-refractivity contribution in [3.05, 3.63) is 35.4 Å². The lowest BCUT2D eigenvalue weighted by Gasteiger charge is -2.37. The molecule has 4 nitrogen and oxygen atoms in total. The number of benzene rings is 1. The van der Waals surface area contributed by atoms with Gasteiger partial charge in [0, 0.05) is 46.3 Å². The maximum absolute atomic E-state index is 13.6. The van der Waals surface area contributed by atoms with Gasteiger partial charge in [0.15, 0.2) is 5.96 Å². The Morgan fingerprint density at radius 2 is 1.88 bits per heavy atom. The van der Waals surface area contributed by atoms with Crippen LogP contribution in [0.15, 0.2) is 23.2 Å². The second-order valence-corrected chi connectivity index (χ2v) is 6.64. The van der Waals surface area contributed by atoms with E-state index >= 15 is 0 Å². The van der Waals surface area contributed by atoms with E-state index in [1.165, 1.54) is 12.1 Å². The van der Waals surface area contributed by atoms with Crippen molar-refractivity contribution in [2.45, 2.75) is 20.3 Å². The molecule has 0 amide bonds. The summed E-state index contributed by atoms with van der Waals surface area (Å²) in [6, 6.07) is 3.57. The number of hydrogen-bond acceptors (Lipinski definition) is 2. The number of nitrogens with zero attached hydrogens (tertiary/aromatic N) is 3. The Hall–Kier alpha value is -0.960. The van der Waals surface area contributed by atoms with E-state index in [-0.39, 0.29) is 29.8 Å². The summed E-state index contributed by atoms with van der Waals surface area (Å²) in [4.78, 5) is 9.00. The van der Waals surface area contributed by atoms with Gasteiger partial charge in [-0.1, -0.05) is 13.8 Å². The van der Waals surface area contributed by atoms with Gasteiger partial charge in [-0.3, -0.25) is 9.89 Å². The van der Waals surface area contributed by atoms with Crippen LogP contribution in [-0.2, 0) is 6.42 Å². The third-order valence-electron chi connectivity index (χ3n) is 4.19. The average molecular weight is 466 g/mol. The van der Waals surface area contributed by atoms with E-state index in [0.29, 0.717) is 24.4 Å². The summed E-state index contributed by atoms with van der Waals surface area (Å²) < 4.78 is 26.8. The number of nitrogens with one attached hydrogen (secondary N) is 1. The molecule has 1 aromatic rings. The molecular formula is C18H29F2IN4. The van der Waals surface area contributed by atoms with Gasteiger partial charge in [0.2, 0.25) is 0 Å². The van der Waals surface area contributed by atoms with Crippen LogP contribution in [0, 0.1) is 17.6 Å². The Labute approximate surface area is 166 Å². The van der Waals surface area contributed by atoms with Crippen molar-refractivity contribution in [3.63, 3.8) is 0 Å². The van der Waals surface area contributed by atoms with Crippen LogP contribution < -0.4 is 5.32 Å². The molecule has 0 bridgehead atoms. The zero-order chi connectivity index (χ0) is 17.5. The fourth-order valence-electron chi connectivity index (χ4n) is 3.03. The molecule has 0 spiro atoms. The highest BCUT2D eigenvalue weighted by Crippen LogP contribution is 2.10. The van der Waals surface area contributed by atoms with Crippen molar-refractivity contribution < 1.29 is 8.78 Å². The molecular weight excluding hydrogens is 437 g/mol. The smallest absolute Gasteiger partial charge is 0.193 e. The number of piperazine rings is 1. The quantitative estimate of drug-likeness (QED) is 0.412. The summed E-state index contributed by atoms with van der Waals surface area (Å²) >= 11 is 0. The molecule has 1 saturated heterocycles. The van der Waals surface area contributed by atoms with Crippen molar-refractivity contribution in [2.24, 2.45) is 10.9 Å². The van der Waals surface area contributed by atoms with Crippen LogP contribution in [0.25, 0.3) is 0 Å². The second-order valence-electron chi connectivity index (χ2n) is 6.64. The number of guanidine groups is 1. The normalized spacial score (nSPS) is 16.1. The van der Waals surface area contributed by atoms with Gasteiger partial charge in [-0.05, 0) is 36.1 Å². The minimum Gasteiger partial charge on any atom is -0.356 e. The van der Waals surface area contributed by atoms with Crippen molar-refractivity contribution in [1.29, 1.82) is 0 Å². The molecule has 1 aliphatic rings. The molecule has 1 N–H and O–H groups in total. The molecule has 0 saturated carbocycles. The van der Waals surface area contributed by atoms with Gasteiger partial charge in [0.25, 0.3) is 0 Å². The summed E-state index contributed by atoms with van der Waals surface area (Å²) in [6.45, 7) is 10.0. The first-order valence-corrected chi connectivity index (χ1v) is 8.61. The molecule has 0 unspecified atom stereocenters. The van der Waals surface area contributed by atoms with Gasteiger partial charge >= 0.3 is 0 Å². The van der Waals surface area contributed by atoms with Gasteiger partial charge in [0.1, 0.15) is 11.6 Å². The zero-order valence-electron chi connectivity index (χ0n) is 15.3. The summed E-state index contributed by atoms with van der Waals surface area (Å²) in [5.41, 5.74) is 0.389. The highest BCUT2D eigenvalue weighted by atomic mass is 127. The lowest BCUT2D eigenvalue weighted by molar-refractivity contribution is 0.164. The standard InChI is InChI=1S/C18H28F2N4.HI/c1-14(2)13-23-8-10-24(11-9-23)18(21-3)22-7-6-15-12-16(19)4-5-17(15)20;/h4-5,12,14H,6-11,13H2,1-3H3,(H,21,22);1H. The molecule has 0 radical (unpaired) electrons. The third kappa shape index (κ3) is 7.05. The van der Waals surface area contributed by atoms with Crippen molar-refractivity contribution >= 4 is 29.9 Å². The third-order valence-corrected chi connectivity index (χ3v) is 4.19. The van der Waals surface area contributed by atoms with Crippen LogP contribution in [-0.4, -0.2) is 62.1 Å². The van der Waals surface area contributed by atoms with E-state index in [9.17, 15) is 8.78 Å². The monoisotopic (exact) mass is 466 g/mol. The highest BCUT2D eigenvalue weighted by molar-refractivity contribution is 14.0. The zero-order valence-corrected chi connectivity index (χ0v) is 17.6. The van der Waals surface area contributed by atoms with Gasteiger partial charge in [-0.15, -0.1) is 24.0 Å². The Morgan fingerprint density at radius 3 is 2.48 bits per heavy atom. The van der Waals surface area contributed by atoms with Gasteiger partial charge in [-0.25, -0.2) is 8.78 Å². The van der Waals surface area contributed by atoms with Crippen molar-refractivity contribution in [1.82, 2.24) is 15.1 Å². The van der Waals surface area contributed by atoms with E-state index in [1.807, 2.05) is 0 Å². The van der Waals surface area contributed by atoms with E-state index in [0.717, 1.165) is 44.7 Å². The van der Waals surface area contributed by atoms with E-state index in [4.69, 9.17) is 0 Å². The van der Waals surface area contributed by atoms with Crippen LogP contribution in [0.5, 0.6) is 0 Å². The Bertz CT molecular complexity index is 558. The minimum atomic E-state index is -0.406.